The summed E-state index contributed by atoms with van der Waals surface area (Å²) in [4.78, 5) is 20.1. The second-order valence-electron chi connectivity index (χ2n) is 5.43. The van der Waals surface area contributed by atoms with Gasteiger partial charge in [0.25, 0.3) is 0 Å². The van der Waals surface area contributed by atoms with Crippen molar-refractivity contribution in [2.24, 2.45) is 0 Å². The topological polar surface area (TPSA) is 66.9 Å². The predicted molar refractivity (Wildman–Crippen MR) is 71.1 cm³/mol. The SMILES string of the molecule is Cc1nccnc1C(C)NCC(=O)NC(C)(C)C. The molecule has 1 amide bonds. The lowest BCUT2D eigenvalue weighted by Crippen LogP contribution is -2.45. The van der Waals surface area contributed by atoms with Crippen molar-refractivity contribution in [1.29, 1.82) is 0 Å². The van der Waals surface area contributed by atoms with E-state index in [0.29, 0.717) is 0 Å². The third-order valence-corrected chi connectivity index (χ3v) is 2.41. The minimum atomic E-state index is -0.204. The molecule has 1 atom stereocenters. The van der Waals surface area contributed by atoms with Gasteiger partial charge in [-0.3, -0.25) is 14.8 Å². The van der Waals surface area contributed by atoms with E-state index in [1.165, 1.54) is 0 Å². The van der Waals surface area contributed by atoms with Gasteiger partial charge in [0.05, 0.1) is 17.9 Å². The van der Waals surface area contributed by atoms with Gasteiger partial charge in [-0.2, -0.15) is 0 Å². The normalized spacial score (nSPS) is 13.2. The van der Waals surface area contributed by atoms with E-state index in [4.69, 9.17) is 0 Å². The lowest BCUT2D eigenvalue weighted by Gasteiger charge is -2.21. The zero-order chi connectivity index (χ0) is 13.8. The van der Waals surface area contributed by atoms with E-state index in [1.54, 1.807) is 12.4 Å². The van der Waals surface area contributed by atoms with Gasteiger partial charge >= 0.3 is 0 Å². The Bertz CT molecular complexity index is 412. The summed E-state index contributed by atoms with van der Waals surface area (Å²) >= 11 is 0. The second-order valence-corrected chi connectivity index (χ2v) is 5.43. The molecule has 1 rings (SSSR count). The summed E-state index contributed by atoms with van der Waals surface area (Å²) in [6.45, 7) is 10.0. The Morgan fingerprint density at radius 3 is 2.50 bits per heavy atom. The largest absolute Gasteiger partial charge is 0.350 e. The number of hydrogen-bond acceptors (Lipinski definition) is 4. The Labute approximate surface area is 108 Å². The molecule has 5 nitrogen and oxygen atoms in total. The molecule has 1 heterocycles. The van der Waals surface area contributed by atoms with Crippen LogP contribution in [0.4, 0.5) is 0 Å². The maximum atomic E-state index is 11.7. The fourth-order valence-corrected chi connectivity index (χ4v) is 1.65. The predicted octanol–water partition coefficient (Wildman–Crippen LogP) is 1.35. The number of rotatable bonds is 4. The van der Waals surface area contributed by atoms with Gasteiger partial charge in [0.1, 0.15) is 0 Å². The molecule has 0 bridgehead atoms. The summed E-state index contributed by atoms with van der Waals surface area (Å²) in [7, 11) is 0. The van der Waals surface area contributed by atoms with Crippen LogP contribution in [0.25, 0.3) is 0 Å². The Morgan fingerprint density at radius 1 is 1.33 bits per heavy atom. The molecule has 1 aromatic rings. The molecular weight excluding hydrogens is 228 g/mol. The zero-order valence-corrected chi connectivity index (χ0v) is 11.7. The lowest BCUT2D eigenvalue weighted by atomic mass is 10.1. The van der Waals surface area contributed by atoms with Crippen LogP contribution in [0.5, 0.6) is 0 Å². The highest BCUT2D eigenvalue weighted by Gasteiger charge is 2.15. The highest BCUT2D eigenvalue weighted by molar-refractivity contribution is 5.78. The number of hydrogen-bond donors (Lipinski definition) is 2. The van der Waals surface area contributed by atoms with E-state index in [0.717, 1.165) is 11.4 Å². The van der Waals surface area contributed by atoms with Crippen molar-refractivity contribution in [3.63, 3.8) is 0 Å². The fraction of sp³-hybridized carbons (Fsp3) is 0.615. The van der Waals surface area contributed by atoms with E-state index in [1.807, 2.05) is 34.6 Å². The molecule has 1 aromatic heterocycles. The molecule has 0 aliphatic rings. The zero-order valence-electron chi connectivity index (χ0n) is 11.7. The number of nitrogens with zero attached hydrogens (tertiary/aromatic N) is 2. The number of carbonyl (C=O) groups excluding carboxylic acids is 1. The second kappa shape index (κ2) is 5.91. The Morgan fingerprint density at radius 2 is 1.94 bits per heavy atom. The minimum Gasteiger partial charge on any atom is -0.350 e. The summed E-state index contributed by atoms with van der Waals surface area (Å²) in [6.07, 6.45) is 3.33. The van der Waals surface area contributed by atoms with Crippen LogP contribution in [-0.2, 0) is 4.79 Å². The highest BCUT2D eigenvalue weighted by Crippen LogP contribution is 2.10. The van der Waals surface area contributed by atoms with Crippen LogP contribution in [-0.4, -0.2) is 28.0 Å². The Balaban J connectivity index is 2.49. The minimum absolute atomic E-state index is 0.00409. The van der Waals surface area contributed by atoms with Gasteiger partial charge in [0.2, 0.25) is 5.91 Å². The molecule has 5 heteroatoms. The third-order valence-electron chi connectivity index (χ3n) is 2.41. The first-order chi connectivity index (χ1) is 8.29. The average molecular weight is 250 g/mol. The molecule has 0 saturated heterocycles. The van der Waals surface area contributed by atoms with Gasteiger partial charge in [0.15, 0.2) is 0 Å². The maximum absolute atomic E-state index is 11.7. The first-order valence-electron chi connectivity index (χ1n) is 6.11. The summed E-state index contributed by atoms with van der Waals surface area (Å²) in [5.74, 6) is -0.0177. The van der Waals surface area contributed by atoms with E-state index >= 15 is 0 Å². The first kappa shape index (κ1) is 14.6. The number of nitrogens with one attached hydrogen (secondary N) is 2. The molecule has 2 N–H and O–H groups in total. The number of carbonyl (C=O) groups is 1. The van der Waals surface area contributed by atoms with Crippen LogP contribution in [0, 0.1) is 6.92 Å². The molecule has 0 spiro atoms. The summed E-state index contributed by atoms with van der Waals surface area (Å²) in [5.41, 5.74) is 1.56. The fourth-order valence-electron chi connectivity index (χ4n) is 1.65. The van der Waals surface area contributed by atoms with Gasteiger partial charge < -0.3 is 10.6 Å². The summed E-state index contributed by atoms with van der Waals surface area (Å²) in [5, 5.41) is 6.05. The Kier molecular flexibility index (Phi) is 4.78. The first-order valence-corrected chi connectivity index (χ1v) is 6.11. The van der Waals surface area contributed by atoms with E-state index in [2.05, 4.69) is 20.6 Å². The van der Waals surface area contributed by atoms with Gasteiger partial charge in [-0.1, -0.05) is 0 Å². The summed E-state index contributed by atoms with van der Waals surface area (Å²) < 4.78 is 0. The average Bonchev–Trinajstić information content (AvgIpc) is 2.24. The monoisotopic (exact) mass is 250 g/mol. The van der Waals surface area contributed by atoms with Crippen molar-refractivity contribution < 1.29 is 4.79 Å². The molecule has 0 radical (unpaired) electrons. The van der Waals surface area contributed by atoms with Gasteiger partial charge in [-0.05, 0) is 34.6 Å². The molecule has 0 aliphatic heterocycles. The van der Waals surface area contributed by atoms with Crippen molar-refractivity contribution in [2.75, 3.05) is 6.54 Å². The van der Waals surface area contributed by atoms with Crippen molar-refractivity contribution in [3.8, 4) is 0 Å². The van der Waals surface area contributed by atoms with Crippen LogP contribution >= 0.6 is 0 Å². The molecule has 1 unspecified atom stereocenters. The van der Waals surface area contributed by atoms with Crippen LogP contribution in [0.3, 0.4) is 0 Å². The van der Waals surface area contributed by atoms with Crippen molar-refractivity contribution >= 4 is 5.91 Å². The molecule has 0 saturated carbocycles. The molecule has 0 fully saturated rings. The summed E-state index contributed by atoms with van der Waals surface area (Å²) in [6, 6.07) is 0.00409. The van der Waals surface area contributed by atoms with E-state index in [9.17, 15) is 4.79 Å². The number of amides is 1. The van der Waals surface area contributed by atoms with Gasteiger partial charge in [0, 0.05) is 24.0 Å². The van der Waals surface area contributed by atoms with Gasteiger partial charge in [-0.15, -0.1) is 0 Å². The van der Waals surface area contributed by atoms with Crippen LogP contribution in [0.1, 0.15) is 45.1 Å². The molecule has 0 aromatic carbocycles. The van der Waals surface area contributed by atoms with Crippen LogP contribution < -0.4 is 10.6 Å². The third kappa shape index (κ3) is 4.79. The lowest BCUT2D eigenvalue weighted by molar-refractivity contribution is -0.121. The highest BCUT2D eigenvalue weighted by atomic mass is 16.2. The quantitative estimate of drug-likeness (QED) is 0.846. The Hall–Kier alpha value is -1.49. The van der Waals surface area contributed by atoms with Crippen molar-refractivity contribution in [2.45, 2.75) is 46.2 Å². The molecule has 18 heavy (non-hydrogen) atoms. The maximum Gasteiger partial charge on any atom is 0.234 e. The molecule has 100 valence electrons. The van der Waals surface area contributed by atoms with E-state index in [-0.39, 0.29) is 24.0 Å². The van der Waals surface area contributed by atoms with Gasteiger partial charge in [-0.25, -0.2) is 0 Å². The van der Waals surface area contributed by atoms with Crippen molar-refractivity contribution in [1.82, 2.24) is 20.6 Å². The number of aryl methyl sites for hydroxylation is 1. The molecule has 0 aliphatic carbocycles. The van der Waals surface area contributed by atoms with Crippen molar-refractivity contribution in [3.05, 3.63) is 23.8 Å². The molecular formula is C13H22N4O. The standard InChI is InChI=1S/C13H22N4O/c1-9-12(15-7-6-14-9)10(2)16-8-11(18)17-13(3,4)5/h6-7,10,16H,8H2,1-5H3,(H,17,18). The number of aromatic nitrogens is 2. The van der Waals surface area contributed by atoms with Crippen LogP contribution in [0.2, 0.25) is 0 Å². The smallest absolute Gasteiger partial charge is 0.234 e. The van der Waals surface area contributed by atoms with E-state index < -0.39 is 0 Å². The van der Waals surface area contributed by atoms with Crippen LogP contribution in [0.15, 0.2) is 12.4 Å².